The first-order chi connectivity index (χ1) is 13.8. The summed E-state index contributed by atoms with van der Waals surface area (Å²) < 4.78 is 30.8. The van der Waals surface area contributed by atoms with Gasteiger partial charge >= 0.3 is 11.2 Å². The van der Waals surface area contributed by atoms with E-state index in [1.165, 1.54) is 0 Å². The van der Waals surface area contributed by atoms with Gasteiger partial charge in [-0.15, -0.1) is 10.2 Å². The van der Waals surface area contributed by atoms with Crippen molar-refractivity contribution in [2.45, 2.75) is 43.6 Å². The average molecular weight is 416 g/mol. The van der Waals surface area contributed by atoms with Crippen LogP contribution in [0.4, 0.5) is 14.5 Å². The number of rotatable bonds is 7. The number of nitrogens with one attached hydrogen (secondary N) is 1. The second-order valence-corrected chi connectivity index (χ2v) is 7.85. The van der Waals surface area contributed by atoms with Crippen molar-refractivity contribution in [2.24, 2.45) is 0 Å². The van der Waals surface area contributed by atoms with E-state index in [-0.39, 0.29) is 16.9 Å². The lowest BCUT2D eigenvalue weighted by molar-refractivity contribution is -0.129. The van der Waals surface area contributed by atoms with Gasteiger partial charge in [-0.3, -0.25) is 4.79 Å². The largest absolute Gasteiger partial charge is 0.378 e. The van der Waals surface area contributed by atoms with E-state index in [1.54, 1.807) is 16.7 Å². The Morgan fingerprint density at radius 2 is 1.76 bits per heavy atom. The fraction of sp³-hybridized carbons (Fsp3) is 0.286. The number of benzene rings is 2. The Balaban J connectivity index is 1.76. The summed E-state index contributed by atoms with van der Waals surface area (Å²) in [5.74, 6) is -0.598. The normalized spacial score (nSPS) is 11.7. The van der Waals surface area contributed by atoms with Crippen molar-refractivity contribution in [3.63, 3.8) is 0 Å². The molecule has 3 aromatic rings. The van der Waals surface area contributed by atoms with E-state index < -0.39 is 11.2 Å². The molecule has 0 saturated heterocycles. The first kappa shape index (κ1) is 21.0. The summed E-state index contributed by atoms with van der Waals surface area (Å²) in [6.07, 6.45) is 0. The van der Waals surface area contributed by atoms with Crippen LogP contribution in [0.2, 0.25) is 0 Å². The predicted molar refractivity (Wildman–Crippen MR) is 111 cm³/mol. The van der Waals surface area contributed by atoms with Crippen molar-refractivity contribution < 1.29 is 13.6 Å². The van der Waals surface area contributed by atoms with E-state index in [1.807, 2.05) is 63.2 Å². The van der Waals surface area contributed by atoms with Crippen LogP contribution in [0.1, 0.15) is 32.3 Å². The smallest absolute Gasteiger partial charge is 0.320 e. The van der Waals surface area contributed by atoms with Crippen LogP contribution in [0.25, 0.3) is 11.4 Å². The summed E-state index contributed by atoms with van der Waals surface area (Å²) in [5.41, 5.74) is 2.15. The molecule has 0 fully saturated rings. The van der Waals surface area contributed by atoms with Crippen LogP contribution >= 0.6 is 11.8 Å². The minimum absolute atomic E-state index is 0.0124. The van der Waals surface area contributed by atoms with Gasteiger partial charge in [0.2, 0.25) is 0 Å². The maximum absolute atomic E-state index is 14.6. The molecule has 0 atom stereocenters. The first-order valence-corrected chi connectivity index (χ1v) is 10.1. The van der Waals surface area contributed by atoms with Crippen LogP contribution in [0, 0.1) is 0 Å². The van der Waals surface area contributed by atoms with Crippen molar-refractivity contribution in [1.29, 1.82) is 0 Å². The van der Waals surface area contributed by atoms with Crippen LogP contribution in [0.3, 0.4) is 0 Å². The van der Waals surface area contributed by atoms with E-state index >= 15 is 0 Å². The molecular weight excluding hydrogens is 394 g/mol. The van der Waals surface area contributed by atoms with Gasteiger partial charge in [-0.1, -0.05) is 56.3 Å². The number of amides is 1. The minimum atomic E-state index is -3.70. The van der Waals surface area contributed by atoms with Gasteiger partial charge < -0.3 is 9.88 Å². The van der Waals surface area contributed by atoms with Gasteiger partial charge in [0.1, 0.15) is 0 Å². The van der Waals surface area contributed by atoms with Crippen molar-refractivity contribution in [2.75, 3.05) is 5.32 Å². The number of hydrogen-bond donors (Lipinski definition) is 1. The van der Waals surface area contributed by atoms with Crippen LogP contribution < -0.4 is 5.32 Å². The van der Waals surface area contributed by atoms with Crippen molar-refractivity contribution in [3.05, 3.63) is 60.2 Å². The second-order valence-electron chi connectivity index (χ2n) is 6.77. The van der Waals surface area contributed by atoms with Crippen LogP contribution in [0.15, 0.2) is 59.8 Å². The molecule has 5 nitrogen and oxygen atoms in total. The molecule has 0 unspecified atom stereocenters. The molecule has 0 bridgehead atoms. The standard InChI is InChI=1S/C21H22F2N4OS/c1-4-27-18(16-8-6-5-7-9-16)25-26-20(27)29-21(22,23)19(28)24-17-12-10-15(11-13-17)14(2)3/h5-14H,4H2,1-3H3,(H,24,28). The van der Waals surface area contributed by atoms with Gasteiger partial charge in [-0.05, 0) is 42.3 Å². The molecule has 152 valence electrons. The van der Waals surface area contributed by atoms with Gasteiger partial charge in [0.25, 0.3) is 0 Å². The highest BCUT2D eigenvalue weighted by Gasteiger charge is 2.42. The Morgan fingerprint density at radius 1 is 1.10 bits per heavy atom. The Bertz CT molecular complexity index is 972. The van der Waals surface area contributed by atoms with Crippen molar-refractivity contribution in [3.8, 4) is 11.4 Å². The molecule has 0 aliphatic rings. The van der Waals surface area contributed by atoms with Gasteiger partial charge in [-0.2, -0.15) is 8.78 Å². The summed E-state index contributed by atoms with van der Waals surface area (Å²) in [7, 11) is 0. The maximum Gasteiger partial charge on any atom is 0.378 e. The van der Waals surface area contributed by atoms with E-state index in [0.29, 0.717) is 24.0 Å². The molecule has 29 heavy (non-hydrogen) atoms. The zero-order valence-electron chi connectivity index (χ0n) is 16.4. The molecule has 2 aromatic carbocycles. The summed E-state index contributed by atoms with van der Waals surface area (Å²) in [4.78, 5) is 12.2. The number of carbonyl (C=O) groups excluding carboxylic acids is 1. The van der Waals surface area contributed by atoms with E-state index in [4.69, 9.17) is 0 Å². The third kappa shape index (κ3) is 4.82. The molecule has 0 spiro atoms. The molecule has 8 heteroatoms. The zero-order chi connectivity index (χ0) is 21.0. The average Bonchev–Trinajstić information content (AvgIpc) is 3.10. The van der Waals surface area contributed by atoms with Crippen molar-refractivity contribution >= 4 is 23.4 Å². The Morgan fingerprint density at radius 3 is 2.34 bits per heavy atom. The topological polar surface area (TPSA) is 59.8 Å². The molecule has 0 aliphatic carbocycles. The number of alkyl halides is 2. The number of nitrogens with zero attached hydrogens (tertiary/aromatic N) is 3. The summed E-state index contributed by atoms with van der Waals surface area (Å²) >= 11 is 0.0920. The number of thioether (sulfide) groups is 1. The molecule has 3 rings (SSSR count). The van der Waals surface area contributed by atoms with E-state index in [2.05, 4.69) is 15.5 Å². The van der Waals surface area contributed by atoms with E-state index in [0.717, 1.165) is 11.1 Å². The third-order valence-corrected chi connectivity index (χ3v) is 5.31. The predicted octanol–water partition coefficient (Wildman–Crippen LogP) is 5.41. The number of aromatic nitrogens is 3. The molecule has 1 heterocycles. The Hall–Kier alpha value is -2.74. The summed E-state index contributed by atoms with van der Waals surface area (Å²) in [6.45, 7) is 6.28. The Kier molecular flexibility index (Phi) is 6.32. The van der Waals surface area contributed by atoms with Gasteiger partial charge in [0.05, 0.1) is 0 Å². The van der Waals surface area contributed by atoms with Gasteiger partial charge in [-0.25, -0.2) is 0 Å². The number of carbonyl (C=O) groups is 1. The second kappa shape index (κ2) is 8.73. The monoisotopic (exact) mass is 416 g/mol. The van der Waals surface area contributed by atoms with Crippen molar-refractivity contribution in [1.82, 2.24) is 14.8 Å². The fourth-order valence-electron chi connectivity index (χ4n) is 2.77. The summed E-state index contributed by atoms with van der Waals surface area (Å²) in [6, 6.07) is 16.1. The highest BCUT2D eigenvalue weighted by Crippen LogP contribution is 2.37. The molecule has 0 saturated carbocycles. The quantitative estimate of drug-likeness (QED) is 0.523. The fourth-order valence-corrected chi connectivity index (χ4v) is 3.55. The highest BCUT2D eigenvalue weighted by atomic mass is 32.2. The van der Waals surface area contributed by atoms with Crippen LogP contribution in [0.5, 0.6) is 0 Å². The molecule has 0 radical (unpaired) electrons. The van der Waals surface area contributed by atoms with Gasteiger partial charge in [0, 0.05) is 17.8 Å². The summed E-state index contributed by atoms with van der Waals surface area (Å²) in [5, 5.41) is 6.48. The molecule has 1 N–H and O–H groups in total. The van der Waals surface area contributed by atoms with E-state index in [9.17, 15) is 13.6 Å². The maximum atomic E-state index is 14.6. The highest BCUT2D eigenvalue weighted by molar-refractivity contribution is 8.00. The lowest BCUT2D eigenvalue weighted by atomic mass is 10.0. The number of anilines is 1. The first-order valence-electron chi connectivity index (χ1n) is 9.28. The van der Waals surface area contributed by atoms with Crippen LogP contribution in [-0.4, -0.2) is 25.9 Å². The molecular formula is C21H22F2N4OS. The Labute approximate surface area is 172 Å². The number of hydrogen-bond acceptors (Lipinski definition) is 4. The van der Waals surface area contributed by atoms with Crippen LogP contribution in [-0.2, 0) is 11.3 Å². The third-order valence-electron chi connectivity index (χ3n) is 4.38. The SMILES string of the molecule is CCn1c(SC(F)(F)C(=O)Nc2ccc(C(C)C)cc2)nnc1-c1ccccc1. The minimum Gasteiger partial charge on any atom is -0.320 e. The molecule has 1 aromatic heterocycles. The zero-order valence-corrected chi connectivity index (χ0v) is 17.2. The lowest BCUT2D eigenvalue weighted by Crippen LogP contribution is -2.31. The molecule has 1 amide bonds. The molecule has 0 aliphatic heterocycles. The van der Waals surface area contributed by atoms with Gasteiger partial charge in [0.15, 0.2) is 11.0 Å². The number of halogens is 2. The lowest BCUT2D eigenvalue weighted by Gasteiger charge is -2.16.